The maximum atomic E-state index is 7.89. The first-order valence-electron chi connectivity index (χ1n) is 21.8. The zero-order valence-electron chi connectivity index (χ0n) is 35.5. The summed E-state index contributed by atoms with van der Waals surface area (Å²) >= 11 is 0. The third kappa shape index (κ3) is 6.31. The molecule has 4 heterocycles. The van der Waals surface area contributed by atoms with Gasteiger partial charge in [0.1, 0.15) is 0 Å². The van der Waals surface area contributed by atoms with Gasteiger partial charge in [0.05, 0.1) is 51.4 Å². The Hall–Kier alpha value is -8.85. The monoisotopic (exact) mass is 829 g/mol. The lowest BCUT2D eigenvalue weighted by Crippen LogP contribution is -2.05. The third-order valence-corrected chi connectivity index (χ3v) is 12.8. The molecular weight excluding hydrogens is 791 g/mol. The summed E-state index contributed by atoms with van der Waals surface area (Å²) in [5, 5.41) is 4.67. The van der Waals surface area contributed by atoms with Crippen molar-refractivity contribution in [2.75, 3.05) is 0 Å². The predicted octanol–water partition coefficient (Wildman–Crippen LogP) is 15.9. The second-order valence-electron chi connectivity index (χ2n) is 16.5. The third-order valence-electron chi connectivity index (χ3n) is 12.8. The van der Waals surface area contributed by atoms with E-state index >= 15 is 0 Å². The van der Waals surface area contributed by atoms with Crippen molar-refractivity contribution >= 4 is 49.3 Å². The maximum Gasteiger partial charge on any atom is 0.187 e. The predicted molar refractivity (Wildman–Crippen MR) is 269 cm³/mol. The number of fused-ring (bicyclic) bond motifs is 6. The number of benzene rings is 8. The zero-order chi connectivity index (χ0) is 43.4. The van der Waals surface area contributed by atoms with E-state index < -0.39 is 0 Å². The molecule has 65 heavy (non-hydrogen) atoms. The van der Waals surface area contributed by atoms with Gasteiger partial charge in [-0.1, -0.05) is 152 Å². The fourth-order valence-corrected chi connectivity index (χ4v) is 9.82. The van der Waals surface area contributed by atoms with Crippen LogP contribution in [0.4, 0.5) is 5.69 Å². The Kier molecular flexibility index (Phi) is 9.03. The lowest BCUT2D eigenvalue weighted by Gasteiger charge is -2.21. The molecule has 12 rings (SSSR count). The molecule has 0 aliphatic carbocycles. The van der Waals surface area contributed by atoms with Crippen LogP contribution >= 0.6 is 0 Å². The molecule has 304 valence electrons. The molecule has 0 fully saturated rings. The first kappa shape index (κ1) is 37.9. The van der Waals surface area contributed by atoms with Crippen LogP contribution in [0.5, 0.6) is 0 Å². The number of para-hydroxylation sites is 2. The second kappa shape index (κ2) is 15.5. The number of aryl methyl sites for hydroxylation is 1. The quantitative estimate of drug-likeness (QED) is 0.150. The molecule has 0 atom stereocenters. The number of hydrogen-bond acceptors (Lipinski definition) is 2. The van der Waals surface area contributed by atoms with Crippen LogP contribution in [0.25, 0.3) is 116 Å². The normalized spacial score (nSPS) is 11.4. The van der Waals surface area contributed by atoms with Gasteiger partial charge in [-0.05, 0) is 89.3 Å². The van der Waals surface area contributed by atoms with E-state index in [0.29, 0.717) is 5.69 Å². The molecule has 0 aliphatic heterocycles. The Labute approximate surface area is 376 Å². The minimum atomic E-state index is 0.611. The van der Waals surface area contributed by atoms with Crippen LogP contribution < -0.4 is 0 Å². The molecule has 0 spiro atoms. The summed E-state index contributed by atoms with van der Waals surface area (Å²) in [4.78, 5) is 13.7. The van der Waals surface area contributed by atoms with E-state index in [1.54, 1.807) is 0 Å². The molecule has 0 aliphatic rings. The van der Waals surface area contributed by atoms with E-state index in [1.807, 2.05) is 54.9 Å². The van der Waals surface area contributed by atoms with Gasteiger partial charge >= 0.3 is 0 Å². The van der Waals surface area contributed by atoms with Gasteiger partial charge < -0.3 is 9.13 Å². The second-order valence-corrected chi connectivity index (χ2v) is 16.5. The molecule has 0 amide bonds. The van der Waals surface area contributed by atoms with Crippen LogP contribution in [0.1, 0.15) is 5.56 Å². The molecule has 12 aromatic rings. The number of nitrogens with zero attached hydrogens (tertiary/aromatic N) is 5. The summed E-state index contributed by atoms with van der Waals surface area (Å²) in [6.07, 6.45) is 3.75. The average Bonchev–Trinajstić information content (AvgIpc) is 3.88. The number of aromatic nitrogens is 4. The van der Waals surface area contributed by atoms with Crippen LogP contribution in [0.3, 0.4) is 0 Å². The fraction of sp³-hybridized carbons (Fsp3) is 0.0167. The smallest absolute Gasteiger partial charge is 0.187 e. The van der Waals surface area contributed by atoms with E-state index in [0.717, 1.165) is 100 Å². The number of rotatable bonds is 7. The lowest BCUT2D eigenvalue weighted by molar-refractivity contribution is 1.09. The van der Waals surface area contributed by atoms with Crippen molar-refractivity contribution in [3.8, 4) is 67.3 Å². The summed E-state index contributed by atoms with van der Waals surface area (Å²) in [7, 11) is 0. The van der Waals surface area contributed by atoms with Gasteiger partial charge in [0, 0.05) is 56.2 Å². The van der Waals surface area contributed by atoms with Crippen molar-refractivity contribution in [3.63, 3.8) is 0 Å². The Morgan fingerprint density at radius 1 is 0.369 bits per heavy atom. The van der Waals surface area contributed by atoms with Crippen molar-refractivity contribution in [3.05, 3.63) is 236 Å². The van der Waals surface area contributed by atoms with Gasteiger partial charge in [0.25, 0.3) is 0 Å². The Balaban J connectivity index is 1.18. The lowest BCUT2D eigenvalue weighted by atomic mass is 9.97. The largest absolute Gasteiger partial charge is 0.307 e. The van der Waals surface area contributed by atoms with Gasteiger partial charge in [-0.25, -0.2) is 4.85 Å². The molecule has 0 saturated heterocycles. The topological polar surface area (TPSA) is 40.0 Å². The summed E-state index contributed by atoms with van der Waals surface area (Å²) in [5.41, 5.74) is 18.6. The van der Waals surface area contributed by atoms with Crippen molar-refractivity contribution in [1.29, 1.82) is 0 Å². The van der Waals surface area contributed by atoms with E-state index in [4.69, 9.17) is 16.5 Å². The first-order chi connectivity index (χ1) is 32.1. The van der Waals surface area contributed by atoms with Crippen molar-refractivity contribution in [2.45, 2.75) is 6.92 Å². The van der Waals surface area contributed by atoms with E-state index in [-0.39, 0.29) is 0 Å². The number of hydrogen-bond donors (Lipinski definition) is 0. The molecule has 8 aromatic carbocycles. The standard InChI is InChI=1S/C60H39N5/c1-39-34-57(64-53-26-11-9-22-48(53)50-30-28-43(36-55(50)64)46-24-14-32-62-59(46)40-16-5-3-6-17-40)58(38-52(39)42-20-13-21-45(35-42)61-2)65-54-27-12-10-23-49(54)51-31-29-44(37-56(51)65)47-25-15-33-63-60(47)41-18-7-4-8-19-41/h3-38H,1H3. The van der Waals surface area contributed by atoms with Gasteiger partial charge in [0.15, 0.2) is 5.69 Å². The van der Waals surface area contributed by atoms with Gasteiger partial charge in [-0.2, -0.15) is 0 Å². The first-order valence-corrected chi connectivity index (χ1v) is 21.8. The average molecular weight is 830 g/mol. The van der Waals surface area contributed by atoms with Crippen molar-refractivity contribution < 1.29 is 0 Å². The van der Waals surface area contributed by atoms with Crippen LogP contribution in [-0.2, 0) is 0 Å². The Bertz CT molecular complexity index is 3850. The van der Waals surface area contributed by atoms with Crippen LogP contribution in [0.2, 0.25) is 0 Å². The molecule has 5 nitrogen and oxygen atoms in total. The maximum absolute atomic E-state index is 7.89. The Morgan fingerprint density at radius 3 is 1.37 bits per heavy atom. The minimum absolute atomic E-state index is 0.611. The molecule has 0 N–H and O–H groups in total. The highest BCUT2D eigenvalue weighted by atomic mass is 15.1. The van der Waals surface area contributed by atoms with E-state index in [2.05, 4.69) is 185 Å². The molecule has 0 bridgehead atoms. The van der Waals surface area contributed by atoms with Gasteiger partial charge in [-0.3, -0.25) is 9.97 Å². The van der Waals surface area contributed by atoms with Gasteiger partial charge in [-0.15, -0.1) is 0 Å². The van der Waals surface area contributed by atoms with Crippen molar-refractivity contribution in [2.24, 2.45) is 0 Å². The van der Waals surface area contributed by atoms with Crippen LogP contribution in [0.15, 0.2) is 219 Å². The fourth-order valence-electron chi connectivity index (χ4n) is 9.82. The minimum Gasteiger partial charge on any atom is -0.307 e. The highest BCUT2D eigenvalue weighted by Gasteiger charge is 2.23. The molecule has 4 aromatic heterocycles. The highest BCUT2D eigenvalue weighted by Crippen LogP contribution is 2.44. The highest BCUT2D eigenvalue weighted by molar-refractivity contribution is 6.13. The summed E-state index contributed by atoms with van der Waals surface area (Å²) in [6, 6.07) is 73.0. The molecule has 0 radical (unpaired) electrons. The molecule has 0 saturated carbocycles. The molecule has 5 heteroatoms. The molecule has 0 unspecified atom stereocenters. The summed E-state index contributed by atoms with van der Waals surface area (Å²) in [6.45, 7) is 10.1. The van der Waals surface area contributed by atoms with Crippen LogP contribution in [0, 0.1) is 13.5 Å². The van der Waals surface area contributed by atoms with Gasteiger partial charge in [0.2, 0.25) is 0 Å². The summed E-state index contributed by atoms with van der Waals surface area (Å²) in [5.74, 6) is 0. The zero-order valence-corrected chi connectivity index (χ0v) is 35.5. The van der Waals surface area contributed by atoms with E-state index in [1.165, 1.54) is 16.2 Å². The number of pyridine rings is 2. The van der Waals surface area contributed by atoms with Crippen molar-refractivity contribution in [1.82, 2.24) is 19.1 Å². The SMILES string of the molecule is [C-]#[N+]c1cccc(-c2cc(-n3c4ccccc4c4ccc(-c5cccnc5-c5ccccc5)cc43)c(-n3c4ccccc4c4ccc(-c5cccnc5-c5ccccc5)cc43)cc2C)c1. The van der Waals surface area contributed by atoms with Crippen LogP contribution in [-0.4, -0.2) is 19.1 Å². The van der Waals surface area contributed by atoms with E-state index in [9.17, 15) is 0 Å². The Morgan fingerprint density at radius 2 is 0.831 bits per heavy atom. The molecular formula is C60H39N5. The summed E-state index contributed by atoms with van der Waals surface area (Å²) < 4.78 is 4.90.